The number of esters is 2. The molecule has 316 valence electrons. The molecule has 2 aromatic carbocycles. The van der Waals surface area contributed by atoms with Crippen molar-refractivity contribution in [2.45, 2.75) is 39.5 Å². The number of nitrogens with two attached hydrogens (primary N) is 1. The maximum Gasteiger partial charge on any atom is 0.360 e. The van der Waals surface area contributed by atoms with Gasteiger partial charge in [-0.25, -0.2) is 19.6 Å². The molecular weight excluding hydrogens is 808 g/mol. The minimum absolute atomic E-state index is 0.0164. The first kappa shape index (κ1) is 43.2. The van der Waals surface area contributed by atoms with E-state index in [1.807, 2.05) is 50.2 Å². The van der Waals surface area contributed by atoms with E-state index in [4.69, 9.17) is 26.8 Å². The number of rotatable bonds is 11. The van der Waals surface area contributed by atoms with Gasteiger partial charge in [0, 0.05) is 60.6 Å². The third-order valence-electron chi connectivity index (χ3n) is 9.38. The summed E-state index contributed by atoms with van der Waals surface area (Å²) in [4.78, 5) is 54.7. The molecule has 0 radical (unpaired) electrons. The number of carbonyl (C=O) groups is 4. The van der Waals surface area contributed by atoms with Gasteiger partial charge in [0.05, 0.1) is 25.6 Å². The quantitative estimate of drug-likeness (QED) is 0.124. The second-order valence-electron chi connectivity index (χ2n) is 14.0. The van der Waals surface area contributed by atoms with Crippen LogP contribution in [-0.4, -0.2) is 87.9 Å². The molecule has 20 nitrogen and oxygen atoms in total. The Labute approximate surface area is 354 Å². The Morgan fingerprint density at radius 1 is 0.689 bits per heavy atom. The number of methoxy groups -OCH3 is 2. The van der Waals surface area contributed by atoms with E-state index in [9.17, 15) is 19.2 Å². The van der Waals surface area contributed by atoms with Crippen molar-refractivity contribution >= 4 is 63.9 Å². The van der Waals surface area contributed by atoms with Gasteiger partial charge in [0.25, 0.3) is 0 Å². The van der Waals surface area contributed by atoms with E-state index in [0.717, 1.165) is 59.3 Å². The van der Waals surface area contributed by atoms with Crippen molar-refractivity contribution in [3.63, 3.8) is 0 Å². The van der Waals surface area contributed by atoms with Gasteiger partial charge < -0.3 is 31.2 Å². The van der Waals surface area contributed by atoms with Gasteiger partial charge in [0.2, 0.25) is 11.8 Å². The zero-order valence-electron chi connectivity index (χ0n) is 34.1. The predicted molar refractivity (Wildman–Crippen MR) is 224 cm³/mol. The normalized spacial score (nSPS) is 12.8. The SMILES string of the molecule is COC(=O)c1nnc(Cl)cc1Nc1cccc(-c2ncn(C)n2)c1C.COC(=O)c1nnc(NC(=O)C2CC2)cc1Nc1cccc(-c2ncn(C)n2)c1C.NC(=O)C1CC1. The molecule has 0 aliphatic heterocycles. The van der Waals surface area contributed by atoms with E-state index < -0.39 is 11.9 Å². The molecule has 21 heteroatoms. The third-order valence-corrected chi connectivity index (χ3v) is 9.57. The summed E-state index contributed by atoms with van der Waals surface area (Å²) in [6, 6.07) is 14.4. The summed E-state index contributed by atoms with van der Waals surface area (Å²) in [5, 5.41) is 33.4. The zero-order valence-corrected chi connectivity index (χ0v) is 34.9. The van der Waals surface area contributed by atoms with Gasteiger partial charge >= 0.3 is 11.9 Å². The first-order valence-corrected chi connectivity index (χ1v) is 19.3. The maximum atomic E-state index is 12.2. The molecule has 5 N–H and O–H groups in total. The smallest absolute Gasteiger partial charge is 0.360 e. The number of primary amides is 1. The number of halogens is 1. The number of ether oxygens (including phenoxy) is 2. The zero-order chi connectivity index (χ0) is 43.8. The number of hydrogen-bond donors (Lipinski definition) is 4. The second-order valence-corrected chi connectivity index (χ2v) is 14.4. The van der Waals surface area contributed by atoms with Gasteiger partial charge in [-0.15, -0.1) is 20.4 Å². The lowest BCUT2D eigenvalue weighted by molar-refractivity contribution is -0.119. The Morgan fingerprint density at radius 3 is 1.57 bits per heavy atom. The molecule has 8 rings (SSSR count). The Morgan fingerprint density at radius 2 is 1.16 bits per heavy atom. The number of aromatic nitrogens is 10. The highest BCUT2D eigenvalue weighted by Crippen LogP contribution is 2.33. The first-order chi connectivity index (χ1) is 29.3. The average Bonchev–Trinajstić information content (AvgIpc) is 4.19. The van der Waals surface area contributed by atoms with Crippen LogP contribution >= 0.6 is 11.6 Å². The van der Waals surface area contributed by atoms with Crippen LogP contribution in [-0.2, 0) is 33.2 Å². The number of amides is 2. The van der Waals surface area contributed by atoms with E-state index in [1.165, 1.54) is 20.3 Å². The van der Waals surface area contributed by atoms with Crippen LogP contribution in [0.3, 0.4) is 0 Å². The van der Waals surface area contributed by atoms with Gasteiger partial charge in [-0.3, -0.25) is 19.0 Å². The van der Waals surface area contributed by atoms with E-state index in [1.54, 1.807) is 42.2 Å². The first-order valence-electron chi connectivity index (χ1n) is 18.9. The van der Waals surface area contributed by atoms with Crippen LogP contribution in [0.15, 0.2) is 61.2 Å². The number of benzene rings is 2. The number of aryl methyl sites for hydroxylation is 2. The topological polar surface area (TPSA) is 262 Å². The summed E-state index contributed by atoms with van der Waals surface area (Å²) in [6.07, 6.45) is 7.06. The summed E-state index contributed by atoms with van der Waals surface area (Å²) >= 11 is 5.91. The minimum atomic E-state index is -0.634. The minimum Gasteiger partial charge on any atom is -0.464 e. The van der Waals surface area contributed by atoms with E-state index >= 15 is 0 Å². The van der Waals surface area contributed by atoms with Crippen molar-refractivity contribution in [1.29, 1.82) is 0 Å². The second kappa shape index (κ2) is 19.1. The van der Waals surface area contributed by atoms with Crippen LogP contribution in [0, 0.1) is 25.7 Å². The standard InChI is InChI=1S/C20H21N7O3.C16H15ClN6O2.C4H7NO/c1-11-13(18-21-10-27(2)26-18)5-4-6-14(11)22-15-9-16(23-19(28)12-7-8-12)24-25-17(15)20(29)30-3;1-9-10(15-18-8-23(2)22-15)5-4-6-11(9)19-12-7-13(17)20-21-14(12)16(24)25-3;5-4(6)3-1-2-3/h4-6,9-10,12H,7-8H2,1-3H3,(H2,22,23,24,28);4-8H,1-3H3,(H,19,20);3H,1-2H2,(H2,5,6). The lowest BCUT2D eigenvalue weighted by atomic mass is 10.1. The predicted octanol–water partition coefficient (Wildman–Crippen LogP) is 5.11. The fourth-order valence-electron chi connectivity index (χ4n) is 5.69. The Hall–Kier alpha value is -7.35. The number of hydrogen-bond acceptors (Lipinski definition) is 16. The summed E-state index contributed by atoms with van der Waals surface area (Å²) < 4.78 is 12.8. The summed E-state index contributed by atoms with van der Waals surface area (Å²) in [7, 11) is 6.16. The average molecular weight is 851 g/mol. The summed E-state index contributed by atoms with van der Waals surface area (Å²) in [5.41, 5.74) is 10.7. The number of nitrogens with one attached hydrogen (secondary N) is 3. The van der Waals surface area contributed by atoms with E-state index in [-0.39, 0.29) is 46.0 Å². The number of carbonyl (C=O) groups excluding carboxylic acids is 4. The molecule has 4 heterocycles. The Kier molecular flexibility index (Phi) is 13.6. The molecule has 0 bridgehead atoms. The van der Waals surface area contributed by atoms with E-state index in [0.29, 0.717) is 23.0 Å². The van der Waals surface area contributed by atoms with Crippen molar-refractivity contribution in [3.05, 3.63) is 88.9 Å². The van der Waals surface area contributed by atoms with Gasteiger partial charge in [0.1, 0.15) is 12.7 Å². The molecule has 4 aromatic heterocycles. The molecule has 6 aromatic rings. The van der Waals surface area contributed by atoms with Gasteiger partial charge in [0.15, 0.2) is 34.0 Å². The molecule has 0 unspecified atom stereocenters. The molecule has 2 saturated carbocycles. The molecule has 2 aliphatic carbocycles. The molecule has 61 heavy (non-hydrogen) atoms. The van der Waals surface area contributed by atoms with Crippen molar-refractivity contribution < 1.29 is 28.7 Å². The lowest BCUT2D eigenvalue weighted by Gasteiger charge is -2.14. The highest BCUT2D eigenvalue weighted by molar-refractivity contribution is 6.29. The lowest BCUT2D eigenvalue weighted by Crippen LogP contribution is -2.17. The van der Waals surface area contributed by atoms with Crippen LogP contribution in [0.25, 0.3) is 22.8 Å². The van der Waals surface area contributed by atoms with Gasteiger partial charge in [-0.1, -0.05) is 35.9 Å². The van der Waals surface area contributed by atoms with Crippen LogP contribution < -0.4 is 21.7 Å². The van der Waals surface area contributed by atoms with Crippen molar-refractivity contribution in [1.82, 2.24) is 49.9 Å². The third kappa shape index (κ3) is 11.0. The summed E-state index contributed by atoms with van der Waals surface area (Å²) in [6.45, 7) is 3.86. The highest BCUT2D eigenvalue weighted by Gasteiger charge is 2.30. The molecule has 0 atom stereocenters. The Bertz CT molecular complexity index is 2590. The fraction of sp³-hybridized carbons (Fsp3) is 0.300. The van der Waals surface area contributed by atoms with Gasteiger partial charge in [-0.2, -0.15) is 10.2 Å². The van der Waals surface area contributed by atoms with Crippen molar-refractivity contribution in [3.8, 4) is 22.8 Å². The van der Waals surface area contributed by atoms with Crippen molar-refractivity contribution in [2.75, 3.05) is 30.2 Å². The number of anilines is 5. The van der Waals surface area contributed by atoms with Gasteiger partial charge in [-0.05, 0) is 62.8 Å². The van der Waals surface area contributed by atoms with Crippen LogP contribution in [0.5, 0.6) is 0 Å². The van der Waals surface area contributed by atoms with Crippen LogP contribution in [0.4, 0.5) is 28.6 Å². The van der Waals surface area contributed by atoms with Crippen molar-refractivity contribution in [2.24, 2.45) is 31.7 Å². The number of nitrogens with zero attached hydrogens (tertiary/aromatic N) is 10. The highest BCUT2D eigenvalue weighted by atomic mass is 35.5. The molecule has 0 saturated heterocycles. The van der Waals surface area contributed by atoms with E-state index in [2.05, 4.69) is 56.5 Å². The Balaban J connectivity index is 0.000000181. The van der Waals surface area contributed by atoms with Crippen LogP contribution in [0.2, 0.25) is 5.15 Å². The molecule has 2 fully saturated rings. The van der Waals surface area contributed by atoms with Crippen LogP contribution in [0.1, 0.15) is 57.8 Å². The summed E-state index contributed by atoms with van der Waals surface area (Å²) in [5.74, 6) is 0.271. The molecule has 2 amide bonds. The maximum absolute atomic E-state index is 12.2. The largest absolute Gasteiger partial charge is 0.464 e. The monoisotopic (exact) mass is 850 g/mol. The molecule has 2 aliphatic rings. The fourth-order valence-corrected chi connectivity index (χ4v) is 5.84. The molecule has 0 spiro atoms. The molecular formula is C40H43ClN14O6.